The van der Waals surface area contributed by atoms with Crippen LogP contribution in [0, 0.1) is 17.2 Å². The molecular weight excluding hydrogens is 250 g/mol. The summed E-state index contributed by atoms with van der Waals surface area (Å²) in [7, 11) is 4.22. The second-order valence-corrected chi connectivity index (χ2v) is 5.89. The molecule has 2 atom stereocenters. The summed E-state index contributed by atoms with van der Waals surface area (Å²) in [5.41, 5.74) is 1.50. The quantitative estimate of drug-likeness (QED) is 0.883. The van der Waals surface area contributed by atoms with Gasteiger partial charge in [0.2, 0.25) is 0 Å². The maximum atomic E-state index is 10.2. The van der Waals surface area contributed by atoms with Crippen LogP contribution in [0.15, 0.2) is 24.3 Å². The van der Waals surface area contributed by atoms with Crippen molar-refractivity contribution in [1.29, 1.82) is 5.26 Å². The van der Waals surface area contributed by atoms with Crippen LogP contribution in [0.5, 0.6) is 0 Å². The van der Waals surface area contributed by atoms with Crippen LogP contribution in [-0.4, -0.2) is 55.2 Å². The van der Waals surface area contributed by atoms with Gasteiger partial charge in [-0.05, 0) is 50.7 Å². The molecule has 108 valence electrons. The van der Waals surface area contributed by atoms with Crippen LogP contribution in [-0.2, 0) is 0 Å². The molecule has 0 radical (unpaired) electrons. The van der Waals surface area contributed by atoms with E-state index < -0.39 is 6.10 Å². The monoisotopic (exact) mass is 273 g/mol. The molecule has 0 saturated carbocycles. The van der Waals surface area contributed by atoms with E-state index in [1.807, 2.05) is 12.1 Å². The van der Waals surface area contributed by atoms with Gasteiger partial charge in [0.1, 0.15) is 0 Å². The van der Waals surface area contributed by atoms with E-state index in [4.69, 9.17) is 5.26 Å². The number of nitriles is 1. The third-order valence-corrected chi connectivity index (χ3v) is 3.97. The fourth-order valence-electron chi connectivity index (χ4n) is 2.87. The van der Waals surface area contributed by atoms with Gasteiger partial charge in [0.15, 0.2) is 0 Å². The number of hydrogen-bond donors (Lipinski definition) is 1. The molecule has 4 heteroatoms. The summed E-state index contributed by atoms with van der Waals surface area (Å²) in [5, 5.41) is 19.0. The fraction of sp³-hybridized carbons (Fsp3) is 0.562. The highest BCUT2D eigenvalue weighted by atomic mass is 16.3. The van der Waals surface area contributed by atoms with Crippen molar-refractivity contribution in [2.45, 2.75) is 12.5 Å². The molecule has 1 aliphatic rings. The molecular formula is C16H23N3O. The van der Waals surface area contributed by atoms with Gasteiger partial charge in [0.05, 0.1) is 17.7 Å². The molecule has 20 heavy (non-hydrogen) atoms. The van der Waals surface area contributed by atoms with Crippen molar-refractivity contribution in [3.8, 4) is 6.07 Å². The fourth-order valence-corrected chi connectivity index (χ4v) is 2.87. The van der Waals surface area contributed by atoms with Gasteiger partial charge in [-0.3, -0.25) is 0 Å². The Balaban J connectivity index is 1.83. The lowest BCUT2D eigenvalue weighted by Gasteiger charge is -2.23. The van der Waals surface area contributed by atoms with Gasteiger partial charge < -0.3 is 14.9 Å². The lowest BCUT2D eigenvalue weighted by atomic mass is 10.1. The van der Waals surface area contributed by atoms with Crippen molar-refractivity contribution < 1.29 is 5.11 Å². The number of rotatable bonds is 5. The predicted molar refractivity (Wildman–Crippen MR) is 79.2 cm³/mol. The molecule has 0 bridgehead atoms. The highest BCUT2D eigenvalue weighted by Gasteiger charge is 2.21. The van der Waals surface area contributed by atoms with Crippen molar-refractivity contribution in [1.82, 2.24) is 9.80 Å². The largest absolute Gasteiger partial charge is 0.387 e. The molecule has 1 N–H and O–H groups in total. The zero-order valence-electron chi connectivity index (χ0n) is 12.3. The molecule has 0 spiro atoms. The average Bonchev–Trinajstić information content (AvgIpc) is 2.84. The number of aliphatic hydroxyl groups is 1. The van der Waals surface area contributed by atoms with Crippen molar-refractivity contribution in [2.24, 2.45) is 5.92 Å². The summed E-state index contributed by atoms with van der Waals surface area (Å²) in [6.07, 6.45) is 0.750. The van der Waals surface area contributed by atoms with Crippen molar-refractivity contribution in [3.05, 3.63) is 35.4 Å². The number of likely N-dealkylation sites (N-methyl/N-ethyl adjacent to an activating group) is 1. The van der Waals surface area contributed by atoms with Gasteiger partial charge in [0.25, 0.3) is 0 Å². The number of likely N-dealkylation sites (tertiary alicyclic amines) is 1. The minimum Gasteiger partial charge on any atom is -0.387 e. The maximum Gasteiger partial charge on any atom is 0.0991 e. The zero-order chi connectivity index (χ0) is 14.5. The van der Waals surface area contributed by atoms with Crippen molar-refractivity contribution in [2.75, 3.05) is 40.3 Å². The molecule has 0 aliphatic carbocycles. The Hall–Kier alpha value is -1.41. The second-order valence-electron chi connectivity index (χ2n) is 5.89. The van der Waals surface area contributed by atoms with E-state index in [0.29, 0.717) is 18.0 Å². The summed E-state index contributed by atoms with van der Waals surface area (Å²) in [4.78, 5) is 4.56. The van der Waals surface area contributed by atoms with Crippen LogP contribution in [0.25, 0.3) is 0 Å². The van der Waals surface area contributed by atoms with Gasteiger partial charge in [-0.15, -0.1) is 0 Å². The first-order chi connectivity index (χ1) is 9.58. The summed E-state index contributed by atoms with van der Waals surface area (Å²) in [6, 6.07) is 9.27. The van der Waals surface area contributed by atoms with Crippen LogP contribution in [0.1, 0.15) is 23.7 Å². The van der Waals surface area contributed by atoms with E-state index in [2.05, 4.69) is 30.0 Å². The van der Waals surface area contributed by atoms with E-state index in [1.54, 1.807) is 12.1 Å². The number of benzene rings is 1. The van der Waals surface area contributed by atoms with E-state index >= 15 is 0 Å². The SMILES string of the molecule is CN1CCC(CN(C)CC(O)c2ccc(C#N)cc2)C1. The normalized spacial score (nSPS) is 21.1. The Morgan fingerprint density at radius 1 is 1.45 bits per heavy atom. The maximum absolute atomic E-state index is 10.2. The Labute approximate surface area is 121 Å². The van der Waals surface area contributed by atoms with Crippen LogP contribution in [0.3, 0.4) is 0 Å². The molecule has 1 aliphatic heterocycles. The van der Waals surface area contributed by atoms with Gasteiger partial charge in [-0.25, -0.2) is 0 Å². The summed E-state index contributed by atoms with van der Waals surface area (Å²) in [5.74, 6) is 0.707. The van der Waals surface area contributed by atoms with E-state index in [0.717, 1.165) is 18.7 Å². The zero-order valence-corrected chi connectivity index (χ0v) is 12.3. The predicted octanol–water partition coefficient (Wildman–Crippen LogP) is 1.48. The third kappa shape index (κ3) is 4.04. The molecule has 2 unspecified atom stereocenters. The van der Waals surface area contributed by atoms with Crippen LogP contribution in [0.4, 0.5) is 0 Å². The van der Waals surface area contributed by atoms with Gasteiger partial charge in [0, 0.05) is 19.6 Å². The second kappa shape index (κ2) is 6.85. The summed E-state index contributed by atoms with van der Waals surface area (Å²) in [6.45, 7) is 3.98. The van der Waals surface area contributed by atoms with Crippen LogP contribution in [0.2, 0.25) is 0 Å². The topological polar surface area (TPSA) is 50.5 Å². The first-order valence-electron chi connectivity index (χ1n) is 7.13. The number of aliphatic hydroxyl groups excluding tert-OH is 1. The Morgan fingerprint density at radius 2 is 2.15 bits per heavy atom. The average molecular weight is 273 g/mol. The van der Waals surface area contributed by atoms with E-state index in [1.165, 1.54) is 13.0 Å². The molecule has 1 fully saturated rings. The minimum atomic E-state index is -0.494. The molecule has 1 saturated heterocycles. The highest BCUT2D eigenvalue weighted by molar-refractivity contribution is 5.32. The Kier molecular flexibility index (Phi) is 5.13. The number of hydrogen-bond acceptors (Lipinski definition) is 4. The molecule has 1 aromatic rings. The third-order valence-electron chi connectivity index (χ3n) is 3.97. The van der Waals surface area contributed by atoms with Crippen LogP contribution >= 0.6 is 0 Å². The van der Waals surface area contributed by atoms with Gasteiger partial charge in [-0.2, -0.15) is 5.26 Å². The van der Waals surface area contributed by atoms with E-state index in [9.17, 15) is 5.11 Å². The molecule has 1 aromatic carbocycles. The molecule has 0 amide bonds. The van der Waals surface area contributed by atoms with E-state index in [-0.39, 0.29) is 0 Å². The van der Waals surface area contributed by atoms with Crippen molar-refractivity contribution in [3.63, 3.8) is 0 Å². The molecule has 4 nitrogen and oxygen atoms in total. The molecule has 2 rings (SSSR count). The number of nitrogens with zero attached hydrogens (tertiary/aromatic N) is 3. The lowest BCUT2D eigenvalue weighted by Crippen LogP contribution is -2.31. The van der Waals surface area contributed by atoms with Gasteiger partial charge >= 0.3 is 0 Å². The highest BCUT2D eigenvalue weighted by Crippen LogP contribution is 2.18. The first-order valence-corrected chi connectivity index (χ1v) is 7.13. The van der Waals surface area contributed by atoms with Crippen LogP contribution < -0.4 is 0 Å². The smallest absolute Gasteiger partial charge is 0.0991 e. The first kappa shape index (κ1) is 15.0. The minimum absolute atomic E-state index is 0.494. The Bertz CT molecular complexity index is 466. The molecule has 1 heterocycles. The summed E-state index contributed by atoms with van der Waals surface area (Å²) >= 11 is 0. The lowest BCUT2D eigenvalue weighted by molar-refractivity contribution is 0.119. The Morgan fingerprint density at radius 3 is 2.70 bits per heavy atom. The summed E-state index contributed by atoms with van der Waals surface area (Å²) < 4.78 is 0. The van der Waals surface area contributed by atoms with Crippen molar-refractivity contribution >= 4 is 0 Å². The standard InChI is InChI=1S/C16H23N3O/c1-18-8-7-14(10-18)11-19(2)12-16(20)15-5-3-13(9-17)4-6-15/h3-6,14,16,20H,7-8,10-12H2,1-2H3. The molecule has 0 aromatic heterocycles. The van der Waals surface area contributed by atoms with Gasteiger partial charge in [-0.1, -0.05) is 12.1 Å².